The first-order valence-corrected chi connectivity index (χ1v) is 5.69. The molecule has 5 nitrogen and oxygen atoms in total. The Labute approximate surface area is 106 Å². The van der Waals surface area contributed by atoms with Gasteiger partial charge in [0.05, 0.1) is 37.6 Å². The lowest BCUT2D eigenvalue weighted by atomic mass is 10.1. The van der Waals surface area contributed by atoms with Gasteiger partial charge in [0.25, 0.3) is 0 Å². The highest BCUT2D eigenvalue weighted by Gasteiger charge is 2.23. The lowest BCUT2D eigenvalue weighted by Gasteiger charge is -2.32. The number of carbonyl (C=O) groups is 1. The predicted octanol–water partition coefficient (Wildman–Crippen LogP) is 1.20. The van der Waals surface area contributed by atoms with Crippen LogP contribution in [0, 0.1) is 11.3 Å². The highest BCUT2D eigenvalue weighted by Crippen LogP contribution is 2.23. The van der Waals surface area contributed by atoms with E-state index in [1.54, 1.807) is 12.1 Å². The molecule has 5 heteroatoms. The van der Waals surface area contributed by atoms with E-state index in [2.05, 4.69) is 6.07 Å². The minimum atomic E-state index is -0.454. The van der Waals surface area contributed by atoms with Crippen LogP contribution in [0.3, 0.4) is 0 Å². The van der Waals surface area contributed by atoms with Crippen molar-refractivity contribution < 1.29 is 14.3 Å². The van der Waals surface area contributed by atoms with E-state index in [1.165, 1.54) is 7.11 Å². The summed E-state index contributed by atoms with van der Waals surface area (Å²) in [5, 5.41) is 8.89. The summed E-state index contributed by atoms with van der Waals surface area (Å²) in [5.74, 6) is -0.370. The highest BCUT2D eigenvalue weighted by atomic mass is 16.5. The van der Waals surface area contributed by atoms with Gasteiger partial charge in [-0.05, 0) is 12.1 Å². The molecule has 0 saturated carbocycles. The van der Waals surface area contributed by atoms with E-state index in [1.807, 2.05) is 17.0 Å². The van der Waals surface area contributed by atoms with Crippen molar-refractivity contribution in [2.24, 2.45) is 0 Å². The fourth-order valence-electron chi connectivity index (χ4n) is 1.98. The Balaban J connectivity index is 2.27. The Kier molecular flexibility index (Phi) is 3.80. The second kappa shape index (κ2) is 5.52. The van der Waals surface area contributed by atoms with Gasteiger partial charge in [0, 0.05) is 6.54 Å². The van der Waals surface area contributed by atoms with Crippen molar-refractivity contribution in [2.45, 2.75) is 6.10 Å². The minimum Gasteiger partial charge on any atom is -0.465 e. The maximum Gasteiger partial charge on any atom is 0.339 e. The lowest BCUT2D eigenvalue weighted by molar-refractivity contribution is 0.0597. The van der Waals surface area contributed by atoms with Crippen molar-refractivity contribution in [2.75, 3.05) is 31.7 Å². The molecule has 1 heterocycles. The van der Waals surface area contributed by atoms with Gasteiger partial charge in [-0.2, -0.15) is 5.26 Å². The SMILES string of the molecule is COC(=O)c1ccccc1N1CCO[C@H](C#N)C1. The molecule has 1 aliphatic rings. The van der Waals surface area contributed by atoms with Crippen LogP contribution in [0.25, 0.3) is 0 Å². The van der Waals surface area contributed by atoms with Gasteiger partial charge < -0.3 is 14.4 Å². The molecule has 1 aliphatic heterocycles. The number of nitrogens with zero attached hydrogens (tertiary/aromatic N) is 2. The maximum absolute atomic E-state index is 11.7. The molecule has 0 unspecified atom stereocenters. The highest BCUT2D eigenvalue weighted by molar-refractivity contribution is 5.95. The van der Waals surface area contributed by atoms with Gasteiger partial charge in [-0.15, -0.1) is 0 Å². The smallest absolute Gasteiger partial charge is 0.339 e. The van der Waals surface area contributed by atoms with E-state index in [0.717, 1.165) is 5.69 Å². The van der Waals surface area contributed by atoms with Crippen molar-refractivity contribution in [3.63, 3.8) is 0 Å². The standard InChI is InChI=1S/C13H14N2O3/c1-17-13(16)11-4-2-3-5-12(11)15-6-7-18-10(8-14)9-15/h2-5,10H,6-7,9H2,1H3/t10-/m1/s1. The molecule has 0 amide bonds. The maximum atomic E-state index is 11.7. The normalized spacial score (nSPS) is 19.1. The molecule has 0 N–H and O–H groups in total. The summed E-state index contributed by atoms with van der Waals surface area (Å²) >= 11 is 0. The number of morpholine rings is 1. The van der Waals surface area contributed by atoms with Crippen molar-refractivity contribution >= 4 is 11.7 Å². The summed E-state index contributed by atoms with van der Waals surface area (Å²) in [5.41, 5.74) is 1.30. The molecule has 18 heavy (non-hydrogen) atoms. The first-order chi connectivity index (χ1) is 8.76. The molecule has 1 saturated heterocycles. The number of esters is 1. The zero-order chi connectivity index (χ0) is 13.0. The summed E-state index contributed by atoms with van der Waals surface area (Å²) in [6.45, 7) is 1.60. The van der Waals surface area contributed by atoms with Gasteiger partial charge >= 0.3 is 5.97 Å². The van der Waals surface area contributed by atoms with Gasteiger partial charge in [0.1, 0.15) is 0 Å². The number of hydrogen-bond acceptors (Lipinski definition) is 5. The number of ether oxygens (including phenoxy) is 2. The molecule has 0 aromatic heterocycles. The van der Waals surface area contributed by atoms with Crippen molar-refractivity contribution in [1.82, 2.24) is 0 Å². The minimum absolute atomic E-state index is 0.370. The van der Waals surface area contributed by atoms with E-state index < -0.39 is 6.10 Å². The van der Waals surface area contributed by atoms with Gasteiger partial charge in [-0.25, -0.2) is 4.79 Å². The quantitative estimate of drug-likeness (QED) is 0.734. The molecular formula is C13H14N2O3. The lowest BCUT2D eigenvalue weighted by Crippen LogP contribution is -2.42. The second-order valence-electron chi connectivity index (χ2n) is 3.94. The molecule has 1 fully saturated rings. The van der Waals surface area contributed by atoms with Crippen molar-refractivity contribution in [3.8, 4) is 6.07 Å². The molecule has 0 bridgehead atoms. The molecule has 1 atom stereocenters. The zero-order valence-corrected chi connectivity index (χ0v) is 10.1. The monoisotopic (exact) mass is 246 g/mol. The largest absolute Gasteiger partial charge is 0.465 e. The number of rotatable bonds is 2. The Bertz CT molecular complexity index is 481. The van der Waals surface area contributed by atoms with E-state index in [4.69, 9.17) is 14.7 Å². The number of benzene rings is 1. The summed E-state index contributed by atoms with van der Waals surface area (Å²) in [6.07, 6.45) is -0.454. The third kappa shape index (κ3) is 2.44. The Morgan fingerprint density at radius 2 is 2.33 bits per heavy atom. The van der Waals surface area contributed by atoms with Crippen LogP contribution in [-0.2, 0) is 9.47 Å². The number of para-hydroxylation sites is 1. The number of methoxy groups -OCH3 is 1. The topological polar surface area (TPSA) is 62.6 Å². The summed E-state index contributed by atoms with van der Waals surface area (Å²) in [6, 6.07) is 9.31. The summed E-state index contributed by atoms with van der Waals surface area (Å²) < 4.78 is 10.0. The predicted molar refractivity (Wildman–Crippen MR) is 65.3 cm³/mol. The van der Waals surface area contributed by atoms with E-state index in [0.29, 0.717) is 25.3 Å². The van der Waals surface area contributed by atoms with E-state index in [9.17, 15) is 4.79 Å². The molecule has 2 rings (SSSR count). The average Bonchev–Trinajstić information content (AvgIpc) is 2.46. The van der Waals surface area contributed by atoms with Gasteiger partial charge in [-0.3, -0.25) is 0 Å². The summed E-state index contributed by atoms with van der Waals surface area (Å²) in [4.78, 5) is 13.7. The van der Waals surface area contributed by atoms with Crippen LogP contribution < -0.4 is 4.90 Å². The second-order valence-corrected chi connectivity index (χ2v) is 3.94. The number of nitriles is 1. The van der Waals surface area contributed by atoms with Gasteiger partial charge in [0.2, 0.25) is 0 Å². The third-order valence-corrected chi connectivity index (χ3v) is 2.86. The van der Waals surface area contributed by atoms with E-state index >= 15 is 0 Å². The van der Waals surface area contributed by atoms with Gasteiger partial charge in [-0.1, -0.05) is 12.1 Å². The first kappa shape index (κ1) is 12.4. The van der Waals surface area contributed by atoms with Crippen molar-refractivity contribution in [3.05, 3.63) is 29.8 Å². The van der Waals surface area contributed by atoms with Crippen LogP contribution in [0.5, 0.6) is 0 Å². The van der Waals surface area contributed by atoms with Crippen LogP contribution >= 0.6 is 0 Å². The average molecular weight is 246 g/mol. The fourth-order valence-corrected chi connectivity index (χ4v) is 1.98. The Morgan fingerprint density at radius 3 is 3.06 bits per heavy atom. The third-order valence-electron chi connectivity index (χ3n) is 2.86. The molecule has 94 valence electrons. The summed E-state index contributed by atoms with van der Waals surface area (Å²) in [7, 11) is 1.36. The molecule has 1 aromatic carbocycles. The van der Waals surface area contributed by atoms with Crippen LogP contribution in [0.4, 0.5) is 5.69 Å². The molecule has 0 spiro atoms. The van der Waals surface area contributed by atoms with Crippen molar-refractivity contribution in [1.29, 1.82) is 5.26 Å². The first-order valence-electron chi connectivity index (χ1n) is 5.69. The number of hydrogen-bond donors (Lipinski definition) is 0. The van der Waals surface area contributed by atoms with Crippen LogP contribution in [0.1, 0.15) is 10.4 Å². The van der Waals surface area contributed by atoms with Crippen LogP contribution in [0.15, 0.2) is 24.3 Å². The Morgan fingerprint density at radius 1 is 1.56 bits per heavy atom. The number of carbonyl (C=O) groups excluding carboxylic acids is 1. The Hall–Kier alpha value is -2.06. The molecular weight excluding hydrogens is 232 g/mol. The van der Waals surface area contributed by atoms with Crippen LogP contribution in [0.2, 0.25) is 0 Å². The zero-order valence-electron chi connectivity index (χ0n) is 10.1. The molecule has 0 radical (unpaired) electrons. The van der Waals surface area contributed by atoms with E-state index in [-0.39, 0.29) is 5.97 Å². The van der Waals surface area contributed by atoms with Crippen LogP contribution in [-0.4, -0.2) is 38.9 Å². The molecule has 1 aromatic rings. The number of anilines is 1. The fraction of sp³-hybridized carbons (Fsp3) is 0.385. The molecule has 0 aliphatic carbocycles. The van der Waals surface area contributed by atoms with Gasteiger partial charge in [0.15, 0.2) is 6.10 Å².